The second-order valence-corrected chi connectivity index (χ2v) is 6.96. The van der Waals surface area contributed by atoms with E-state index in [2.05, 4.69) is 0 Å². The molecule has 1 heterocycles. The maximum absolute atomic E-state index is 12.3. The molecule has 1 N–H and O–H groups in total. The highest BCUT2D eigenvalue weighted by atomic mass is 35.5. The predicted molar refractivity (Wildman–Crippen MR) is 93.2 cm³/mol. The number of aliphatic hydroxyl groups is 1. The lowest BCUT2D eigenvalue weighted by Crippen LogP contribution is -2.34. The average Bonchev–Trinajstić information content (AvgIpc) is 2.76. The summed E-state index contributed by atoms with van der Waals surface area (Å²) in [7, 11) is 0. The van der Waals surface area contributed by atoms with Crippen LogP contribution in [0.5, 0.6) is 0 Å². The molecule has 118 valence electrons. The summed E-state index contributed by atoms with van der Waals surface area (Å²) in [5.41, 5.74) is 0.933. The predicted octanol–water partition coefficient (Wildman–Crippen LogP) is 4.24. The third-order valence-electron chi connectivity index (χ3n) is 3.43. The second kappa shape index (κ2) is 6.97. The Morgan fingerprint density at radius 3 is 2.35 bits per heavy atom. The van der Waals surface area contributed by atoms with Crippen LogP contribution in [0.1, 0.15) is 5.56 Å². The molecule has 23 heavy (non-hydrogen) atoms. The van der Waals surface area contributed by atoms with E-state index in [9.17, 15) is 9.90 Å². The van der Waals surface area contributed by atoms with Crippen molar-refractivity contribution in [1.29, 1.82) is 0 Å². The van der Waals surface area contributed by atoms with Crippen LogP contribution in [0.4, 0.5) is 0 Å². The standard InChI is InChI=1S/C17H13Cl2NO2S/c18-12-6-8-13(9-7-12)23-15-14(19)16(21)20(17(15)22)10-11-4-2-1-3-5-11/h1-9,17,22H,10H2/t17-/m1/s1. The molecule has 0 unspecified atom stereocenters. The highest BCUT2D eigenvalue weighted by Crippen LogP contribution is 2.40. The van der Waals surface area contributed by atoms with Gasteiger partial charge in [0.05, 0.1) is 4.91 Å². The Kier molecular flexibility index (Phi) is 4.97. The molecule has 3 rings (SSSR count). The fourth-order valence-electron chi connectivity index (χ4n) is 2.26. The first-order valence-corrected chi connectivity index (χ1v) is 8.49. The zero-order chi connectivity index (χ0) is 16.4. The Hall–Kier alpha value is -1.46. The number of hydrogen-bond donors (Lipinski definition) is 1. The first kappa shape index (κ1) is 16.4. The van der Waals surface area contributed by atoms with Gasteiger partial charge in [0.1, 0.15) is 5.03 Å². The van der Waals surface area contributed by atoms with Crippen molar-refractivity contribution in [3.63, 3.8) is 0 Å². The maximum Gasteiger partial charge on any atom is 0.268 e. The quantitative estimate of drug-likeness (QED) is 0.880. The topological polar surface area (TPSA) is 40.5 Å². The number of nitrogens with zero attached hydrogens (tertiary/aromatic N) is 1. The lowest BCUT2D eigenvalue weighted by atomic mass is 10.2. The third kappa shape index (κ3) is 3.56. The molecule has 0 saturated heterocycles. The number of halogens is 2. The SMILES string of the molecule is O=C1C(Cl)=C(Sc2ccc(Cl)cc2)[C@@H](O)N1Cc1ccccc1. The molecule has 1 aliphatic rings. The van der Waals surface area contributed by atoms with Crippen LogP contribution in [-0.4, -0.2) is 22.1 Å². The number of carbonyl (C=O) groups excluding carboxylic acids is 1. The van der Waals surface area contributed by atoms with Gasteiger partial charge in [0.15, 0.2) is 6.23 Å². The smallest absolute Gasteiger partial charge is 0.268 e. The first-order valence-electron chi connectivity index (χ1n) is 6.92. The van der Waals surface area contributed by atoms with Crippen LogP contribution >= 0.6 is 35.0 Å². The summed E-state index contributed by atoms with van der Waals surface area (Å²) in [5, 5.41) is 11.2. The summed E-state index contributed by atoms with van der Waals surface area (Å²) in [6.07, 6.45) is -1.05. The van der Waals surface area contributed by atoms with Gasteiger partial charge in [-0.1, -0.05) is 65.3 Å². The van der Waals surface area contributed by atoms with Crippen molar-refractivity contribution in [2.24, 2.45) is 0 Å². The van der Waals surface area contributed by atoms with Crippen LogP contribution in [0.3, 0.4) is 0 Å². The first-order chi connectivity index (χ1) is 11.1. The molecule has 2 aromatic rings. The van der Waals surface area contributed by atoms with E-state index >= 15 is 0 Å². The molecule has 2 aromatic carbocycles. The maximum atomic E-state index is 12.3. The van der Waals surface area contributed by atoms with Gasteiger partial charge in [0.2, 0.25) is 0 Å². The van der Waals surface area contributed by atoms with Crippen LogP contribution in [0.2, 0.25) is 5.02 Å². The summed E-state index contributed by atoms with van der Waals surface area (Å²) in [5.74, 6) is -0.362. The monoisotopic (exact) mass is 365 g/mol. The van der Waals surface area contributed by atoms with Crippen LogP contribution in [0.25, 0.3) is 0 Å². The van der Waals surface area contributed by atoms with Crippen molar-refractivity contribution in [2.75, 3.05) is 0 Å². The molecule has 1 amide bonds. The van der Waals surface area contributed by atoms with E-state index < -0.39 is 6.23 Å². The van der Waals surface area contributed by atoms with Gasteiger partial charge in [0, 0.05) is 16.5 Å². The van der Waals surface area contributed by atoms with E-state index in [1.807, 2.05) is 42.5 Å². The van der Waals surface area contributed by atoms with Crippen LogP contribution in [0.15, 0.2) is 69.4 Å². The highest BCUT2D eigenvalue weighted by Gasteiger charge is 2.37. The zero-order valence-electron chi connectivity index (χ0n) is 11.9. The van der Waals surface area contributed by atoms with Crippen molar-refractivity contribution in [3.8, 4) is 0 Å². The summed E-state index contributed by atoms with van der Waals surface area (Å²) in [6.45, 7) is 0.307. The Labute approximate surface area is 148 Å². The van der Waals surface area contributed by atoms with Gasteiger partial charge >= 0.3 is 0 Å². The van der Waals surface area contributed by atoms with E-state index in [1.165, 1.54) is 16.7 Å². The van der Waals surface area contributed by atoms with E-state index in [-0.39, 0.29) is 10.9 Å². The fraction of sp³-hybridized carbons (Fsp3) is 0.118. The van der Waals surface area contributed by atoms with Gasteiger partial charge in [-0.3, -0.25) is 4.79 Å². The minimum Gasteiger partial charge on any atom is -0.369 e. The molecule has 0 aromatic heterocycles. The number of thioether (sulfide) groups is 1. The minimum atomic E-state index is -1.05. The molecule has 6 heteroatoms. The number of amides is 1. The molecule has 0 aliphatic carbocycles. The molecule has 0 spiro atoms. The van der Waals surface area contributed by atoms with Crippen molar-refractivity contribution >= 4 is 40.9 Å². The molecule has 1 aliphatic heterocycles. The van der Waals surface area contributed by atoms with E-state index in [0.29, 0.717) is 16.5 Å². The Morgan fingerprint density at radius 1 is 1.04 bits per heavy atom. The highest BCUT2D eigenvalue weighted by molar-refractivity contribution is 8.03. The number of hydrogen-bond acceptors (Lipinski definition) is 3. The summed E-state index contributed by atoms with van der Waals surface area (Å²) in [6, 6.07) is 16.6. The summed E-state index contributed by atoms with van der Waals surface area (Å²) in [4.78, 5) is 15.0. The van der Waals surface area contributed by atoms with Crippen LogP contribution in [-0.2, 0) is 11.3 Å². The van der Waals surface area contributed by atoms with Gasteiger partial charge in [-0.15, -0.1) is 0 Å². The van der Waals surface area contributed by atoms with Gasteiger partial charge < -0.3 is 10.0 Å². The van der Waals surface area contributed by atoms with E-state index in [1.54, 1.807) is 12.1 Å². The van der Waals surface area contributed by atoms with E-state index in [0.717, 1.165) is 10.5 Å². The molecular weight excluding hydrogens is 353 g/mol. The number of carbonyl (C=O) groups is 1. The second-order valence-electron chi connectivity index (χ2n) is 5.03. The largest absolute Gasteiger partial charge is 0.369 e. The molecular formula is C17H13Cl2NO2S. The summed E-state index contributed by atoms with van der Waals surface area (Å²) >= 11 is 13.3. The number of benzene rings is 2. The van der Waals surface area contributed by atoms with Gasteiger partial charge in [-0.2, -0.15) is 0 Å². The van der Waals surface area contributed by atoms with Gasteiger partial charge in [0.25, 0.3) is 5.91 Å². The third-order valence-corrected chi connectivity index (χ3v) is 5.30. The van der Waals surface area contributed by atoms with Crippen LogP contribution in [0, 0.1) is 0 Å². The Morgan fingerprint density at radius 2 is 1.70 bits per heavy atom. The molecule has 0 radical (unpaired) electrons. The molecule has 3 nitrogen and oxygen atoms in total. The van der Waals surface area contributed by atoms with Crippen molar-refractivity contribution in [3.05, 3.63) is 75.1 Å². The molecule has 0 saturated carbocycles. The zero-order valence-corrected chi connectivity index (χ0v) is 14.3. The Bertz CT molecular complexity index is 747. The molecule has 0 bridgehead atoms. The lowest BCUT2D eigenvalue weighted by molar-refractivity contribution is -0.132. The van der Waals surface area contributed by atoms with Crippen molar-refractivity contribution < 1.29 is 9.90 Å². The van der Waals surface area contributed by atoms with Crippen molar-refractivity contribution in [2.45, 2.75) is 17.7 Å². The van der Waals surface area contributed by atoms with Crippen LogP contribution < -0.4 is 0 Å². The number of rotatable bonds is 4. The minimum absolute atomic E-state index is 0.0633. The Balaban J connectivity index is 1.79. The lowest BCUT2D eigenvalue weighted by Gasteiger charge is -2.22. The van der Waals surface area contributed by atoms with Crippen molar-refractivity contribution in [1.82, 2.24) is 4.90 Å². The molecule has 0 fully saturated rings. The van der Waals surface area contributed by atoms with Gasteiger partial charge in [-0.25, -0.2) is 0 Å². The summed E-state index contributed by atoms with van der Waals surface area (Å²) < 4.78 is 0. The van der Waals surface area contributed by atoms with Gasteiger partial charge in [-0.05, 0) is 29.8 Å². The number of aliphatic hydroxyl groups excluding tert-OH is 1. The fourth-order valence-corrected chi connectivity index (χ4v) is 3.65. The average molecular weight is 366 g/mol. The van der Waals surface area contributed by atoms with E-state index in [4.69, 9.17) is 23.2 Å². The molecule has 1 atom stereocenters. The normalized spacial score (nSPS) is 18.0.